The van der Waals surface area contributed by atoms with Crippen LogP contribution in [0.2, 0.25) is 0 Å². The van der Waals surface area contributed by atoms with Crippen LogP contribution in [0.25, 0.3) is 0 Å². The van der Waals surface area contributed by atoms with Crippen molar-refractivity contribution in [2.45, 2.75) is 25.8 Å². The third-order valence-electron chi connectivity index (χ3n) is 2.03. The van der Waals surface area contributed by atoms with Gasteiger partial charge in [-0.3, -0.25) is 0 Å². The van der Waals surface area contributed by atoms with Gasteiger partial charge in [-0.25, -0.2) is 9.78 Å². The van der Waals surface area contributed by atoms with Crippen LogP contribution < -0.4 is 0 Å². The molecule has 0 spiro atoms. The maximum absolute atomic E-state index is 11.3. The molecule has 0 N–H and O–H groups in total. The van der Waals surface area contributed by atoms with E-state index in [1.807, 2.05) is 26.0 Å². The topological polar surface area (TPSA) is 39.2 Å². The Bertz CT molecular complexity index is 409. The molecule has 3 nitrogen and oxygen atoms in total. The van der Waals surface area contributed by atoms with Gasteiger partial charge in [0.15, 0.2) is 0 Å². The summed E-state index contributed by atoms with van der Waals surface area (Å²) in [4.78, 5) is 15.7. The first-order valence-corrected chi connectivity index (χ1v) is 6.44. The molecule has 1 aromatic heterocycles. The zero-order valence-electron chi connectivity index (χ0n) is 10.4. The van der Waals surface area contributed by atoms with Gasteiger partial charge in [-0.05, 0) is 38.5 Å². The van der Waals surface area contributed by atoms with Gasteiger partial charge in [0.05, 0.1) is 11.6 Å². The van der Waals surface area contributed by atoms with Crippen LogP contribution in [-0.2, 0) is 9.53 Å². The number of ether oxygens (including phenoxy) is 1. The van der Waals surface area contributed by atoms with Crippen LogP contribution in [0.3, 0.4) is 0 Å². The van der Waals surface area contributed by atoms with Gasteiger partial charge in [-0.2, -0.15) is 0 Å². The van der Waals surface area contributed by atoms with Gasteiger partial charge >= 0.3 is 5.97 Å². The summed E-state index contributed by atoms with van der Waals surface area (Å²) in [6, 6.07) is 4.01. The first-order chi connectivity index (χ1) is 8.02. The molecule has 0 amide bonds. The van der Waals surface area contributed by atoms with E-state index >= 15 is 0 Å². The number of carbonyl (C=O) groups excluding carboxylic acids is 1. The smallest absolute Gasteiger partial charge is 0.334 e. The van der Waals surface area contributed by atoms with Crippen LogP contribution in [0.4, 0.5) is 0 Å². The Hall–Kier alpha value is -1.29. The molecule has 1 rings (SSSR count). The fourth-order valence-corrected chi connectivity index (χ4v) is 2.25. The van der Waals surface area contributed by atoms with Crippen molar-refractivity contribution in [3.05, 3.63) is 35.5 Å². The summed E-state index contributed by atoms with van der Waals surface area (Å²) < 4.78 is 4.87. The molecule has 92 valence electrons. The van der Waals surface area contributed by atoms with E-state index < -0.39 is 0 Å². The number of hydrogen-bond acceptors (Lipinski definition) is 4. The fraction of sp³-hybridized carbons (Fsp3) is 0.385. The summed E-state index contributed by atoms with van der Waals surface area (Å²) in [5, 5.41) is 0.910. The number of nitrogens with zero attached hydrogens (tertiary/aromatic N) is 1. The van der Waals surface area contributed by atoms with E-state index in [1.54, 1.807) is 6.92 Å². The third-order valence-corrected chi connectivity index (χ3v) is 3.03. The maximum atomic E-state index is 11.3. The Morgan fingerprint density at radius 2 is 2.18 bits per heavy atom. The Morgan fingerprint density at radius 1 is 1.47 bits per heavy atom. The summed E-state index contributed by atoms with van der Waals surface area (Å²) in [7, 11) is 0. The minimum absolute atomic E-state index is 0.329. The van der Waals surface area contributed by atoms with E-state index in [0.29, 0.717) is 17.9 Å². The van der Waals surface area contributed by atoms with E-state index in [9.17, 15) is 4.79 Å². The second-order valence-corrected chi connectivity index (χ2v) is 4.73. The Kier molecular flexibility index (Phi) is 5.22. The van der Waals surface area contributed by atoms with Crippen molar-refractivity contribution in [1.29, 1.82) is 0 Å². The minimum Gasteiger partial charge on any atom is -0.463 e. The Morgan fingerprint density at radius 3 is 2.76 bits per heavy atom. The van der Waals surface area contributed by atoms with Crippen molar-refractivity contribution >= 4 is 17.7 Å². The van der Waals surface area contributed by atoms with Gasteiger partial charge < -0.3 is 4.74 Å². The zero-order valence-corrected chi connectivity index (χ0v) is 11.3. The number of thioether (sulfide) groups is 1. The normalized spacial score (nSPS) is 10.1. The van der Waals surface area contributed by atoms with Crippen molar-refractivity contribution in [3.63, 3.8) is 0 Å². The molecule has 1 heterocycles. The number of pyridine rings is 1. The second-order valence-electron chi connectivity index (χ2n) is 3.74. The van der Waals surface area contributed by atoms with Crippen LogP contribution in [0.1, 0.15) is 18.2 Å². The van der Waals surface area contributed by atoms with Gasteiger partial charge in [0, 0.05) is 17.0 Å². The van der Waals surface area contributed by atoms with Gasteiger partial charge in [0.2, 0.25) is 0 Å². The van der Waals surface area contributed by atoms with Gasteiger partial charge in [0.25, 0.3) is 0 Å². The van der Waals surface area contributed by atoms with Crippen LogP contribution in [0.15, 0.2) is 29.3 Å². The molecule has 0 aliphatic rings. The molecule has 0 unspecified atom stereocenters. The highest BCUT2D eigenvalue weighted by atomic mass is 32.2. The highest BCUT2D eigenvalue weighted by Gasteiger charge is 2.08. The van der Waals surface area contributed by atoms with E-state index in [-0.39, 0.29) is 5.97 Å². The Labute approximate surface area is 106 Å². The largest absolute Gasteiger partial charge is 0.463 e. The first kappa shape index (κ1) is 13.8. The van der Waals surface area contributed by atoms with Crippen molar-refractivity contribution < 1.29 is 9.53 Å². The number of rotatable bonds is 5. The quantitative estimate of drug-likeness (QED) is 0.458. The van der Waals surface area contributed by atoms with Crippen molar-refractivity contribution in [1.82, 2.24) is 4.98 Å². The molecular formula is C13H17NO2S. The molecule has 0 fully saturated rings. The molecule has 0 aliphatic carbocycles. The standard InChI is InChI=1S/C13H17NO2S/c1-5-16-13(15)10(3)8-17-12-7-9(2)6-11(4)14-12/h6-7H,3,5,8H2,1-2,4H3. The summed E-state index contributed by atoms with van der Waals surface area (Å²) >= 11 is 1.50. The van der Waals surface area contributed by atoms with Crippen LogP contribution in [0.5, 0.6) is 0 Å². The Balaban J connectivity index is 2.55. The summed E-state index contributed by atoms with van der Waals surface area (Å²) in [5.41, 5.74) is 2.62. The summed E-state index contributed by atoms with van der Waals surface area (Å²) in [6.07, 6.45) is 0. The summed E-state index contributed by atoms with van der Waals surface area (Å²) in [5.74, 6) is 0.179. The van der Waals surface area contributed by atoms with Gasteiger partial charge in [-0.1, -0.05) is 6.58 Å². The predicted octanol–water partition coefficient (Wildman–Crippen LogP) is 2.91. The van der Waals surface area contributed by atoms with Gasteiger partial charge in [-0.15, -0.1) is 11.8 Å². The molecule has 17 heavy (non-hydrogen) atoms. The molecule has 0 aliphatic heterocycles. The second kappa shape index (κ2) is 6.45. The molecule has 0 radical (unpaired) electrons. The van der Waals surface area contributed by atoms with Gasteiger partial charge in [0.1, 0.15) is 0 Å². The lowest BCUT2D eigenvalue weighted by Gasteiger charge is -2.06. The van der Waals surface area contributed by atoms with Crippen LogP contribution >= 0.6 is 11.8 Å². The number of hydrogen-bond donors (Lipinski definition) is 0. The van der Waals surface area contributed by atoms with Crippen molar-refractivity contribution in [2.24, 2.45) is 0 Å². The third kappa shape index (κ3) is 4.61. The van der Waals surface area contributed by atoms with Crippen molar-refractivity contribution in [3.8, 4) is 0 Å². The SMILES string of the molecule is C=C(CSc1cc(C)cc(C)n1)C(=O)OCC. The molecule has 1 aromatic rings. The number of esters is 1. The lowest BCUT2D eigenvalue weighted by Crippen LogP contribution is -2.08. The minimum atomic E-state index is -0.329. The molecular weight excluding hydrogens is 234 g/mol. The monoisotopic (exact) mass is 251 g/mol. The molecule has 0 aromatic carbocycles. The molecule has 4 heteroatoms. The average molecular weight is 251 g/mol. The van der Waals surface area contributed by atoms with E-state index in [2.05, 4.69) is 11.6 Å². The maximum Gasteiger partial charge on any atom is 0.334 e. The number of aromatic nitrogens is 1. The summed E-state index contributed by atoms with van der Waals surface area (Å²) in [6.45, 7) is 9.85. The fourth-order valence-electron chi connectivity index (χ4n) is 1.33. The van der Waals surface area contributed by atoms with Crippen LogP contribution in [0, 0.1) is 13.8 Å². The molecule has 0 saturated heterocycles. The lowest BCUT2D eigenvalue weighted by molar-refractivity contribution is -0.138. The molecule has 0 saturated carbocycles. The van der Waals surface area contributed by atoms with E-state index in [4.69, 9.17) is 4.74 Å². The zero-order chi connectivity index (χ0) is 12.8. The van der Waals surface area contributed by atoms with Crippen LogP contribution in [-0.4, -0.2) is 23.3 Å². The molecule has 0 bridgehead atoms. The van der Waals surface area contributed by atoms with Crippen molar-refractivity contribution in [2.75, 3.05) is 12.4 Å². The average Bonchev–Trinajstić information content (AvgIpc) is 2.25. The number of carbonyl (C=O) groups is 1. The highest BCUT2D eigenvalue weighted by Crippen LogP contribution is 2.20. The predicted molar refractivity (Wildman–Crippen MR) is 70.2 cm³/mol. The molecule has 0 atom stereocenters. The lowest BCUT2D eigenvalue weighted by atomic mass is 10.3. The highest BCUT2D eigenvalue weighted by molar-refractivity contribution is 7.99. The first-order valence-electron chi connectivity index (χ1n) is 5.46. The van der Waals surface area contributed by atoms with E-state index in [1.165, 1.54) is 17.3 Å². The number of aryl methyl sites for hydroxylation is 2. The van der Waals surface area contributed by atoms with E-state index in [0.717, 1.165) is 10.7 Å².